The Morgan fingerprint density at radius 1 is 1.77 bits per heavy atom. The van der Waals surface area contributed by atoms with Crippen LogP contribution in [0.4, 0.5) is 0 Å². The number of nitrogens with zero attached hydrogens (tertiary/aromatic N) is 3. The first-order valence-corrected chi connectivity index (χ1v) is 4.24. The molecule has 0 spiro atoms. The fourth-order valence-corrected chi connectivity index (χ4v) is 1.09. The second kappa shape index (κ2) is 4.71. The van der Waals surface area contributed by atoms with Crippen LogP contribution < -0.4 is 5.73 Å². The molecule has 1 aromatic heterocycles. The number of aryl methyl sites for hydroxylation is 1. The van der Waals surface area contributed by atoms with E-state index in [1.165, 1.54) is 0 Å². The van der Waals surface area contributed by atoms with Crippen LogP contribution in [0.2, 0.25) is 5.02 Å². The van der Waals surface area contributed by atoms with E-state index in [1.807, 2.05) is 0 Å². The van der Waals surface area contributed by atoms with Crippen LogP contribution >= 0.6 is 11.6 Å². The highest BCUT2D eigenvalue weighted by Crippen LogP contribution is 2.05. The summed E-state index contributed by atoms with van der Waals surface area (Å²) in [7, 11) is 0. The van der Waals surface area contributed by atoms with E-state index in [4.69, 9.17) is 22.5 Å². The predicted octanol–water partition coefficient (Wildman–Crippen LogP) is 1.06. The first-order valence-electron chi connectivity index (χ1n) is 3.86. The Labute approximate surface area is 80.8 Å². The number of amidine groups is 1. The summed E-state index contributed by atoms with van der Waals surface area (Å²) in [6.45, 7) is 0.711. The van der Waals surface area contributed by atoms with Gasteiger partial charge < -0.3 is 10.9 Å². The monoisotopic (exact) mass is 202 g/mol. The quantitative estimate of drug-likeness (QED) is 0.332. The maximum atomic E-state index is 8.26. The van der Waals surface area contributed by atoms with E-state index in [-0.39, 0.29) is 5.84 Å². The van der Waals surface area contributed by atoms with Crippen LogP contribution in [0, 0.1) is 0 Å². The summed E-state index contributed by atoms with van der Waals surface area (Å²) in [5.41, 5.74) is 5.29. The van der Waals surface area contributed by atoms with Gasteiger partial charge in [0.1, 0.15) is 5.84 Å². The number of hydrogen-bond acceptors (Lipinski definition) is 3. The van der Waals surface area contributed by atoms with Crippen molar-refractivity contribution in [1.29, 1.82) is 0 Å². The molecule has 0 amide bonds. The molecule has 0 saturated heterocycles. The van der Waals surface area contributed by atoms with Gasteiger partial charge in [0.05, 0.1) is 11.2 Å². The van der Waals surface area contributed by atoms with Crippen molar-refractivity contribution in [3.05, 3.63) is 17.4 Å². The molecule has 6 heteroatoms. The van der Waals surface area contributed by atoms with E-state index in [0.717, 1.165) is 6.42 Å². The Bertz CT molecular complexity index is 296. The lowest BCUT2D eigenvalue weighted by Gasteiger charge is -1.99. The van der Waals surface area contributed by atoms with Crippen molar-refractivity contribution in [3.8, 4) is 0 Å². The van der Waals surface area contributed by atoms with Crippen molar-refractivity contribution >= 4 is 17.4 Å². The smallest absolute Gasteiger partial charge is 0.139 e. The predicted molar refractivity (Wildman–Crippen MR) is 49.9 cm³/mol. The molecule has 3 N–H and O–H groups in total. The van der Waals surface area contributed by atoms with Crippen LogP contribution in [0.1, 0.15) is 12.8 Å². The summed E-state index contributed by atoms with van der Waals surface area (Å²) in [4.78, 5) is 0. The summed E-state index contributed by atoms with van der Waals surface area (Å²) in [6, 6.07) is 0. The summed E-state index contributed by atoms with van der Waals surface area (Å²) < 4.78 is 1.72. The van der Waals surface area contributed by atoms with Gasteiger partial charge in [-0.3, -0.25) is 4.68 Å². The molecule has 1 aromatic rings. The minimum absolute atomic E-state index is 0.234. The van der Waals surface area contributed by atoms with Gasteiger partial charge in [-0.1, -0.05) is 16.8 Å². The van der Waals surface area contributed by atoms with Crippen LogP contribution in [-0.2, 0) is 6.54 Å². The highest BCUT2D eigenvalue weighted by atomic mass is 35.5. The highest BCUT2D eigenvalue weighted by molar-refractivity contribution is 6.30. The second-order valence-corrected chi connectivity index (χ2v) is 3.05. The lowest BCUT2D eigenvalue weighted by atomic mass is 10.3. The molecule has 0 bridgehead atoms. The number of oxime groups is 1. The molecule has 13 heavy (non-hydrogen) atoms. The van der Waals surface area contributed by atoms with Crippen molar-refractivity contribution in [2.24, 2.45) is 10.9 Å². The summed E-state index contributed by atoms with van der Waals surface area (Å²) in [5, 5.41) is 15.7. The zero-order valence-electron chi connectivity index (χ0n) is 7.02. The van der Waals surface area contributed by atoms with Gasteiger partial charge in [-0.2, -0.15) is 5.10 Å². The number of aromatic nitrogens is 2. The van der Waals surface area contributed by atoms with Crippen LogP contribution in [0.3, 0.4) is 0 Å². The molecule has 0 aliphatic carbocycles. The average Bonchev–Trinajstić information content (AvgIpc) is 2.51. The molecule has 0 aliphatic rings. The zero-order chi connectivity index (χ0) is 9.68. The molecule has 5 nitrogen and oxygen atoms in total. The molecule has 0 aromatic carbocycles. The minimum Gasteiger partial charge on any atom is -0.409 e. The molecule has 0 aliphatic heterocycles. The van der Waals surface area contributed by atoms with Gasteiger partial charge in [0.2, 0.25) is 0 Å². The molecule has 0 saturated carbocycles. The fourth-order valence-electron chi connectivity index (χ4n) is 0.933. The van der Waals surface area contributed by atoms with Crippen molar-refractivity contribution in [2.75, 3.05) is 0 Å². The van der Waals surface area contributed by atoms with Gasteiger partial charge in [-0.05, 0) is 6.42 Å². The van der Waals surface area contributed by atoms with Crippen LogP contribution in [-0.4, -0.2) is 20.8 Å². The number of hydrogen-bond donors (Lipinski definition) is 2. The topological polar surface area (TPSA) is 76.4 Å². The average molecular weight is 203 g/mol. The molecule has 0 radical (unpaired) electrons. The maximum absolute atomic E-state index is 8.26. The zero-order valence-corrected chi connectivity index (χ0v) is 7.78. The van der Waals surface area contributed by atoms with Crippen LogP contribution in [0.15, 0.2) is 17.5 Å². The Morgan fingerprint density at radius 3 is 3.08 bits per heavy atom. The molecule has 0 unspecified atom stereocenters. The normalized spacial score (nSPS) is 11.9. The third kappa shape index (κ3) is 3.33. The fraction of sp³-hybridized carbons (Fsp3) is 0.429. The maximum Gasteiger partial charge on any atom is 0.139 e. The van der Waals surface area contributed by atoms with Crippen molar-refractivity contribution in [3.63, 3.8) is 0 Å². The third-order valence-electron chi connectivity index (χ3n) is 1.55. The Balaban J connectivity index is 2.28. The Morgan fingerprint density at radius 2 is 2.54 bits per heavy atom. The molecule has 72 valence electrons. The minimum atomic E-state index is 0.234. The van der Waals surface area contributed by atoms with Crippen LogP contribution in [0.25, 0.3) is 0 Å². The van der Waals surface area contributed by atoms with Gasteiger partial charge in [-0.15, -0.1) is 0 Å². The first-order chi connectivity index (χ1) is 6.22. The summed E-state index contributed by atoms with van der Waals surface area (Å²) in [6.07, 6.45) is 4.63. The van der Waals surface area contributed by atoms with E-state index >= 15 is 0 Å². The second-order valence-electron chi connectivity index (χ2n) is 2.62. The molecule has 0 atom stereocenters. The largest absolute Gasteiger partial charge is 0.409 e. The molecule has 0 fully saturated rings. The molecular weight excluding hydrogens is 192 g/mol. The lowest BCUT2D eigenvalue weighted by Crippen LogP contribution is -2.12. The lowest BCUT2D eigenvalue weighted by molar-refractivity contribution is 0.316. The first kappa shape index (κ1) is 9.85. The molecular formula is C7H11ClN4O. The highest BCUT2D eigenvalue weighted by Gasteiger charge is 1.97. The van der Waals surface area contributed by atoms with E-state index in [9.17, 15) is 0 Å². The third-order valence-corrected chi connectivity index (χ3v) is 1.75. The van der Waals surface area contributed by atoms with Crippen molar-refractivity contribution in [2.45, 2.75) is 19.4 Å². The molecule has 1 rings (SSSR count). The number of rotatable bonds is 4. The van der Waals surface area contributed by atoms with Gasteiger partial charge in [0.15, 0.2) is 0 Å². The van der Waals surface area contributed by atoms with E-state index in [2.05, 4.69) is 10.3 Å². The molecule has 1 heterocycles. The van der Waals surface area contributed by atoms with E-state index in [1.54, 1.807) is 17.1 Å². The van der Waals surface area contributed by atoms with Crippen molar-refractivity contribution < 1.29 is 5.21 Å². The van der Waals surface area contributed by atoms with E-state index < -0.39 is 0 Å². The van der Waals surface area contributed by atoms with Crippen LogP contribution in [0.5, 0.6) is 0 Å². The van der Waals surface area contributed by atoms with Crippen molar-refractivity contribution in [1.82, 2.24) is 9.78 Å². The van der Waals surface area contributed by atoms with E-state index in [0.29, 0.717) is 18.0 Å². The van der Waals surface area contributed by atoms with Gasteiger partial charge in [0.25, 0.3) is 0 Å². The summed E-state index contributed by atoms with van der Waals surface area (Å²) in [5.74, 6) is 0.234. The SMILES string of the molecule is N/C(CCCn1cc(Cl)cn1)=N\O. The standard InChI is InChI=1S/C7H11ClN4O/c8-6-4-10-12(5-6)3-1-2-7(9)11-13/h4-5,13H,1-3H2,(H2,9,11). The Hall–Kier alpha value is -1.23. The Kier molecular flexibility index (Phi) is 3.57. The number of halogens is 1. The van der Waals surface area contributed by atoms with Gasteiger partial charge >= 0.3 is 0 Å². The van der Waals surface area contributed by atoms with Gasteiger partial charge in [0, 0.05) is 19.2 Å². The number of nitrogens with two attached hydrogens (primary N) is 1. The summed E-state index contributed by atoms with van der Waals surface area (Å²) >= 11 is 5.66. The van der Waals surface area contributed by atoms with Gasteiger partial charge in [-0.25, -0.2) is 0 Å².